The first-order valence-electron chi connectivity index (χ1n) is 8.60. The van der Waals surface area contributed by atoms with Crippen molar-refractivity contribution in [2.24, 2.45) is 0 Å². The molecule has 0 fully saturated rings. The number of hydrogen-bond acceptors (Lipinski definition) is 4. The summed E-state index contributed by atoms with van der Waals surface area (Å²) >= 11 is 3.49. The van der Waals surface area contributed by atoms with Crippen molar-refractivity contribution in [2.75, 3.05) is 0 Å². The fourth-order valence-corrected chi connectivity index (χ4v) is 5.06. The summed E-state index contributed by atoms with van der Waals surface area (Å²) in [6.07, 6.45) is 1.68. The second kappa shape index (κ2) is 7.22. The SMILES string of the molecule is Cc1ccc(-c2csc3ncnc(SCc4cc(C)ccc4C)c23)cc1. The maximum absolute atomic E-state index is 4.61. The molecule has 26 heavy (non-hydrogen) atoms. The fraction of sp³-hybridized carbons (Fsp3) is 0.182. The average molecular weight is 377 g/mol. The first-order chi connectivity index (χ1) is 12.6. The lowest BCUT2D eigenvalue weighted by atomic mass is 10.1. The van der Waals surface area contributed by atoms with E-state index in [1.807, 2.05) is 0 Å². The van der Waals surface area contributed by atoms with Crippen molar-refractivity contribution < 1.29 is 0 Å². The van der Waals surface area contributed by atoms with Gasteiger partial charge in [0.25, 0.3) is 0 Å². The highest BCUT2D eigenvalue weighted by atomic mass is 32.2. The molecule has 2 aromatic carbocycles. The Hall–Kier alpha value is -2.17. The molecule has 0 bridgehead atoms. The van der Waals surface area contributed by atoms with Crippen LogP contribution in [-0.4, -0.2) is 9.97 Å². The highest BCUT2D eigenvalue weighted by Gasteiger charge is 2.14. The molecule has 4 rings (SSSR count). The van der Waals surface area contributed by atoms with E-state index >= 15 is 0 Å². The average Bonchev–Trinajstić information content (AvgIpc) is 3.08. The van der Waals surface area contributed by atoms with Crippen molar-refractivity contribution in [3.63, 3.8) is 0 Å². The molecule has 2 heterocycles. The van der Waals surface area contributed by atoms with Gasteiger partial charge in [0.15, 0.2) is 0 Å². The first-order valence-corrected chi connectivity index (χ1v) is 10.5. The van der Waals surface area contributed by atoms with E-state index in [1.165, 1.54) is 38.8 Å². The monoisotopic (exact) mass is 376 g/mol. The predicted molar refractivity (Wildman–Crippen MR) is 113 cm³/mol. The molecule has 0 saturated carbocycles. The van der Waals surface area contributed by atoms with Crippen LogP contribution in [0.3, 0.4) is 0 Å². The summed E-state index contributed by atoms with van der Waals surface area (Å²) in [7, 11) is 0. The van der Waals surface area contributed by atoms with Crippen molar-refractivity contribution in [1.82, 2.24) is 9.97 Å². The summed E-state index contributed by atoms with van der Waals surface area (Å²) in [5.41, 5.74) is 7.73. The predicted octanol–water partition coefficient (Wildman–Crippen LogP) is 6.58. The number of thioether (sulfide) groups is 1. The van der Waals surface area contributed by atoms with Crippen LogP contribution in [0.1, 0.15) is 22.3 Å². The Morgan fingerprint density at radius 3 is 2.50 bits per heavy atom. The van der Waals surface area contributed by atoms with E-state index in [-0.39, 0.29) is 0 Å². The summed E-state index contributed by atoms with van der Waals surface area (Å²) in [6.45, 7) is 6.43. The van der Waals surface area contributed by atoms with Gasteiger partial charge in [-0.3, -0.25) is 0 Å². The molecule has 0 saturated heterocycles. The van der Waals surface area contributed by atoms with Crippen molar-refractivity contribution in [2.45, 2.75) is 31.6 Å². The van der Waals surface area contributed by atoms with Crippen LogP contribution in [0.4, 0.5) is 0 Å². The van der Waals surface area contributed by atoms with Crippen molar-refractivity contribution in [1.29, 1.82) is 0 Å². The molecule has 0 aliphatic heterocycles. The van der Waals surface area contributed by atoms with E-state index in [9.17, 15) is 0 Å². The lowest BCUT2D eigenvalue weighted by Gasteiger charge is -2.08. The third kappa shape index (κ3) is 3.39. The smallest absolute Gasteiger partial charge is 0.128 e. The number of nitrogens with zero attached hydrogens (tertiary/aromatic N) is 2. The molecular formula is C22H20N2S2. The van der Waals surface area contributed by atoms with Crippen LogP contribution >= 0.6 is 23.1 Å². The van der Waals surface area contributed by atoms with Crippen molar-refractivity contribution in [3.05, 3.63) is 76.4 Å². The zero-order valence-corrected chi connectivity index (χ0v) is 16.7. The van der Waals surface area contributed by atoms with Crippen LogP contribution in [0, 0.1) is 20.8 Å². The minimum Gasteiger partial charge on any atom is -0.229 e. The Morgan fingerprint density at radius 1 is 0.923 bits per heavy atom. The molecule has 4 aromatic rings. The number of benzene rings is 2. The van der Waals surface area contributed by atoms with Crippen LogP contribution in [0.25, 0.3) is 21.3 Å². The molecule has 0 aliphatic rings. The summed E-state index contributed by atoms with van der Waals surface area (Å²) in [5.74, 6) is 0.919. The van der Waals surface area contributed by atoms with Gasteiger partial charge in [-0.05, 0) is 37.5 Å². The number of rotatable bonds is 4. The van der Waals surface area contributed by atoms with Crippen molar-refractivity contribution in [3.8, 4) is 11.1 Å². The molecular weight excluding hydrogens is 356 g/mol. The Morgan fingerprint density at radius 2 is 1.69 bits per heavy atom. The van der Waals surface area contributed by atoms with E-state index in [0.717, 1.165) is 15.6 Å². The Balaban J connectivity index is 1.72. The molecule has 0 amide bonds. The van der Waals surface area contributed by atoms with Gasteiger partial charge in [-0.1, -0.05) is 53.6 Å². The Bertz CT molecular complexity index is 1070. The highest BCUT2D eigenvalue weighted by Crippen LogP contribution is 2.38. The van der Waals surface area contributed by atoms with Crippen LogP contribution in [0.15, 0.2) is 59.2 Å². The second-order valence-electron chi connectivity index (χ2n) is 6.59. The van der Waals surface area contributed by atoms with E-state index in [1.54, 1.807) is 29.4 Å². The molecule has 130 valence electrons. The molecule has 0 spiro atoms. The van der Waals surface area contributed by atoms with Gasteiger partial charge in [0.05, 0.1) is 5.39 Å². The van der Waals surface area contributed by atoms with E-state index in [4.69, 9.17) is 0 Å². The van der Waals surface area contributed by atoms with Gasteiger partial charge in [-0.15, -0.1) is 23.1 Å². The van der Waals surface area contributed by atoms with Crippen molar-refractivity contribution >= 4 is 33.3 Å². The molecule has 0 radical (unpaired) electrons. The topological polar surface area (TPSA) is 25.8 Å². The third-order valence-electron chi connectivity index (χ3n) is 4.57. The van der Waals surface area contributed by atoms with Gasteiger partial charge >= 0.3 is 0 Å². The zero-order chi connectivity index (χ0) is 18.1. The Labute approximate surface area is 162 Å². The van der Waals surface area contributed by atoms with Gasteiger partial charge < -0.3 is 0 Å². The van der Waals surface area contributed by atoms with Gasteiger partial charge in [0, 0.05) is 16.7 Å². The number of thiophene rings is 1. The van der Waals surface area contributed by atoms with Gasteiger partial charge in [0.2, 0.25) is 0 Å². The summed E-state index contributed by atoms with van der Waals surface area (Å²) in [5, 5.41) is 4.44. The number of aromatic nitrogens is 2. The first kappa shape index (κ1) is 17.3. The number of aryl methyl sites for hydroxylation is 3. The molecule has 4 heteroatoms. The summed E-state index contributed by atoms with van der Waals surface area (Å²) in [6, 6.07) is 15.3. The largest absolute Gasteiger partial charge is 0.229 e. The van der Waals surface area contributed by atoms with E-state index in [0.29, 0.717) is 0 Å². The van der Waals surface area contributed by atoms with Gasteiger partial charge in [-0.25, -0.2) is 9.97 Å². The number of hydrogen-bond donors (Lipinski definition) is 0. The fourth-order valence-electron chi connectivity index (χ4n) is 3.00. The Kier molecular flexibility index (Phi) is 4.79. The van der Waals surface area contributed by atoms with Gasteiger partial charge in [0.1, 0.15) is 16.2 Å². The maximum atomic E-state index is 4.61. The van der Waals surface area contributed by atoms with Crippen LogP contribution < -0.4 is 0 Å². The van der Waals surface area contributed by atoms with Crippen LogP contribution in [-0.2, 0) is 5.75 Å². The lowest BCUT2D eigenvalue weighted by Crippen LogP contribution is -1.90. The molecule has 0 N–H and O–H groups in total. The van der Waals surface area contributed by atoms with E-state index in [2.05, 4.69) is 78.6 Å². The van der Waals surface area contributed by atoms with Crippen LogP contribution in [0.5, 0.6) is 0 Å². The zero-order valence-electron chi connectivity index (χ0n) is 15.1. The third-order valence-corrected chi connectivity index (χ3v) is 6.49. The summed E-state index contributed by atoms with van der Waals surface area (Å²) in [4.78, 5) is 10.1. The normalized spacial score (nSPS) is 11.2. The standard InChI is InChI=1S/C22H20N2S2/c1-14-5-8-17(9-6-14)19-12-26-22-20(19)21(23-13-24-22)25-11-18-10-15(2)4-7-16(18)3/h4-10,12-13H,11H2,1-3H3. The molecule has 0 aliphatic carbocycles. The second-order valence-corrected chi connectivity index (χ2v) is 8.42. The number of fused-ring (bicyclic) bond motifs is 1. The molecule has 0 atom stereocenters. The molecule has 0 unspecified atom stereocenters. The molecule has 2 aromatic heterocycles. The maximum Gasteiger partial charge on any atom is 0.128 e. The van der Waals surface area contributed by atoms with E-state index < -0.39 is 0 Å². The lowest BCUT2D eigenvalue weighted by molar-refractivity contribution is 1.11. The minimum atomic E-state index is 0.919. The minimum absolute atomic E-state index is 0.919. The van der Waals surface area contributed by atoms with Gasteiger partial charge in [-0.2, -0.15) is 0 Å². The molecule has 2 nitrogen and oxygen atoms in total. The summed E-state index contributed by atoms with van der Waals surface area (Å²) < 4.78 is 0. The highest BCUT2D eigenvalue weighted by molar-refractivity contribution is 7.98. The van der Waals surface area contributed by atoms with Crippen LogP contribution in [0.2, 0.25) is 0 Å². The quantitative estimate of drug-likeness (QED) is 0.297.